The van der Waals surface area contributed by atoms with E-state index >= 15 is 0 Å². The van der Waals surface area contributed by atoms with E-state index in [0.717, 1.165) is 54.5 Å². The fourth-order valence-electron chi connectivity index (χ4n) is 2.94. The Balaban J connectivity index is 1.69. The molecule has 0 saturated heterocycles. The standard InChI is InChI=1S/C20H13F5N2OS/c21-13-5-2-6-14(22)15(13)18(28)27-19-26-16(10-7-8-10)17(29-19)11-3-1-4-12(9-11)20(23,24)25/h1-6,9-10H,7-8H2,(H,26,27,28). The number of alkyl halides is 3. The Kier molecular flexibility index (Phi) is 4.85. The second-order valence-electron chi connectivity index (χ2n) is 6.64. The topological polar surface area (TPSA) is 42.0 Å². The van der Waals surface area contributed by atoms with Crippen molar-refractivity contribution in [3.8, 4) is 10.4 Å². The molecule has 9 heteroatoms. The lowest BCUT2D eigenvalue weighted by Gasteiger charge is -2.08. The molecule has 1 aromatic heterocycles. The number of benzene rings is 2. The van der Waals surface area contributed by atoms with Crippen LogP contribution in [0.15, 0.2) is 42.5 Å². The second-order valence-corrected chi connectivity index (χ2v) is 7.64. The number of nitrogens with one attached hydrogen (secondary N) is 1. The van der Waals surface area contributed by atoms with Gasteiger partial charge in [0.2, 0.25) is 0 Å². The summed E-state index contributed by atoms with van der Waals surface area (Å²) >= 11 is 0.980. The van der Waals surface area contributed by atoms with Crippen molar-refractivity contribution >= 4 is 22.4 Å². The highest BCUT2D eigenvalue weighted by Crippen LogP contribution is 2.47. The summed E-state index contributed by atoms with van der Waals surface area (Å²) in [7, 11) is 0. The SMILES string of the molecule is O=C(Nc1nc(C2CC2)c(-c2cccc(C(F)(F)F)c2)s1)c1c(F)cccc1F. The summed E-state index contributed by atoms with van der Waals surface area (Å²) in [4.78, 5) is 17.1. The number of carbonyl (C=O) groups excluding carboxylic acids is 1. The van der Waals surface area contributed by atoms with Crippen LogP contribution < -0.4 is 5.32 Å². The Morgan fingerprint density at radius 1 is 1.07 bits per heavy atom. The Morgan fingerprint density at radius 2 is 1.72 bits per heavy atom. The van der Waals surface area contributed by atoms with Gasteiger partial charge in [-0.1, -0.05) is 29.5 Å². The van der Waals surface area contributed by atoms with Crippen LogP contribution in [0, 0.1) is 11.6 Å². The maximum absolute atomic E-state index is 13.8. The van der Waals surface area contributed by atoms with Gasteiger partial charge in [-0.15, -0.1) is 0 Å². The number of anilines is 1. The van der Waals surface area contributed by atoms with Crippen molar-refractivity contribution in [3.63, 3.8) is 0 Å². The third-order valence-electron chi connectivity index (χ3n) is 4.48. The first-order valence-corrected chi connectivity index (χ1v) is 9.49. The van der Waals surface area contributed by atoms with E-state index in [0.29, 0.717) is 16.1 Å². The van der Waals surface area contributed by atoms with Gasteiger partial charge in [0, 0.05) is 5.92 Å². The Hall–Kier alpha value is -2.81. The molecular formula is C20H13F5N2OS. The molecule has 1 amide bonds. The smallest absolute Gasteiger partial charge is 0.298 e. The summed E-state index contributed by atoms with van der Waals surface area (Å²) in [6, 6.07) is 7.92. The number of halogens is 5. The fraction of sp³-hybridized carbons (Fsp3) is 0.200. The molecule has 3 aromatic rings. The van der Waals surface area contributed by atoms with Crippen LogP contribution in [0.4, 0.5) is 27.1 Å². The Morgan fingerprint density at radius 3 is 2.34 bits per heavy atom. The van der Waals surface area contributed by atoms with Crippen molar-refractivity contribution in [2.45, 2.75) is 24.9 Å². The number of nitrogens with zero attached hydrogens (tertiary/aromatic N) is 1. The summed E-state index contributed by atoms with van der Waals surface area (Å²) < 4.78 is 66.8. The molecule has 4 rings (SSSR count). The van der Waals surface area contributed by atoms with Crippen LogP contribution in [0.3, 0.4) is 0 Å². The van der Waals surface area contributed by atoms with E-state index in [9.17, 15) is 26.7 Å². The van der Waals surface area contributed by atoms with Gasteiger partial charge in [0.1, 0.15) is 17.2 Å². The maximum atomic E-state index is 13.8. The quantitative estimate of drug-likeness (QED) is 0.504. The molecule has 1 heterocycles. The third kappa shape index (κ3) is 4.00. The normalized spacial score (nSPS) is 14.1. The number of hydrogen-bond acceptors (Lipinski definition) is 3. The number of thiazole rings is 1. The number of carbonyl (C=O) groups is 1. The van der Waals surface area contributed by atoms with Crippen LogP contribution in [-0.2, 0) is 6.18 Å². The van der Waals surface area contributed by atoms with Crippen LogP contribution in [0.2, 0.25) is 0 Å². The first-order chi connectivity index (χ1) is 13.7. The van der Waals surface area contributed by atoms with Crippen LogP contribution in [-0.4, -0.2) is 10.9 Å². The molecule has 1 aliphatic rings. The molecule has 29 heavy (non-hydrogen) atoms. The molecule has 0 atom stereocenters. The van der Waals surface area contributed by atoms with Gasteiger partial charge < -0.3 is 0 Å². The molecule has 0 bridgehead atoms. The van der Waals surface area contributed by atoms with Gasteiger partial charge in [-0.05, 0) is 42.7 Å². The van der Waals surface area contributed by atoms with Gasteiger partial charge in [-0.2, -0.15) is 13.2 Å². The zero-order valence-corrected chi connectivity index (χ0v) is 15.5. The van der Waals surface area contributed by atoms with Crippen molar-refractivity contribution in [1.82, 2.24) is 4.98 Å². The first-order valence-electron chi connectivity index (χ1n) is 8.68. The number of rotatable bonds is 4. The van der Waals surface area contributed by atoms with Crippen molar-refractivity contribution < 1.29 is 26.7 Å². The largest absolute Gasteiger partial charge is 0.416 e. The second kappa shape index (κ2) is 7.22. The average Bonchev–Trinajstić information content (AvgIpc) is 3.41. The van der Waals surface area contributed by atoms with Crippen molar-refractivity contribution in [3.05, 3.63) is 70.9 Å². The minimum Gasteiger partial charge on any atom is -0.298 e. The zero-order chi connectivity index (χ0) is 20.8. The van der Waals surface area contributed by atoms with E-state index < -0.39 is 34.8 Å². The van der Waals surface area contributed by atoms with Crippen LogP contribution in [0.5, 0.6) is 0 Å². The molecule has 0 unspecified atom stereocenters. The molecular weight excluding hydrogens is 411 g/mol. The number of aromatic nitrogens is 1. The highest BCUT2D eigenvalue weighted by Gasteiger charge is 2.33. The first kappa shape index (κ1) is 19.5. The molecule has 1 saturated carbocycles. The van der Waals surface area contributed by atoms with Gasteiger partial charge in [0.15, 0.2) is 5.13 Å². The van der Waals surface area contributed by atoms with E-state index in [4.69, 9.17) is 0 Å². The average molecular weight is 424 g/mol. The maximum Gasteiger partial charge on any atom is 0.416 e. The van der Waals surface area contributed by atoms with Crippen molar-refractivity contribution in [2.24, 2.45) is 0 Å². The molecule has 0 aliphatic heterocycles. The number of amides is 1. The van der Waals surface area contributed by atoms with Gasteiger partial charge >= 0.3 is 6.18 Å². The summed E-state index contributed by atoms with van der Waals surface area (Å²) in [5.41, 5.74) is -0.615. The molecule has 1 aliphatic carbocycles. The summed E-state index contributed by atoms with van der Waals surface area (Å²) in [5.74, 6) is -2.95. The molecule has 1 fully saturated rings. The highest BCUT2D eigenvalue weighted by atomic mass is 32.1. The van der Waals surface area contributed by atoms with Crippen LogP contribution in [0.25, 0.3) is 10.4 Å². The molecule has 0 radical (unpaired) electrons. The summed E-state index contributed by atoms with van der Waals surface area (Å²) in [6.45, 7) is 0. The third-order valence-corrected chi connectivity index (χ3v) is 5.52. The zero-order valence-electron chi connectivity index (χ0n) is 14.7. The number of hydrogen-bond donors (Lipinski definition) is 1. The fourth-order valence-corrected chi connectivity index (χ4v) is 3.98. The molecule has 0 spiro atoms. The van der Waals surface area contributed by atoms with E-state index in [-0.39, 0.29) is 11.0 Å². The van der Waals surface area contributed by atoms with E-state index in [1.54, 1.807) is 0 Å². The minimum absolute atomic E-state index is 0.0759. The lowest BCUT2D eigenvalue weighted by molar-refractivity contribution is -0.137. The summed E-state index contributed by atoms with van der Waals surface area (Å²) in [5, 5.41) is 2.44. The van der Waals surface area contributed by atoms with Crippen molar-refractivity contribution in [2.75, 3.05) is 5.32 Å². The van der Waals surface area contributed by atoms with E-state index in [2.05, 4.69) is 10.3 Å². The Bertz CT molecular complexity index is 1070. The Labute approximate surface area is 166 Å². The molecule has 1 N–H and O–H groups in total. The van der Waals surface area contributed by atoms with Crippen LogP contribution in [0.1, 0.15) is 40.4 Å². The molecule has 2 aromatic carbocycles. The lowest BCUT2D eigenvalue weighted by atomic mass is 10.1. The van der Waals surface area contributed by atoms with Gasteiger partial charge in [-0.25, -0.2) is 13.8 Å². The molecule has 3 nitrogen and oxygen atoms in total. The van der Waals surface area contributed by atoms with Gasteiger partial charge in [-0.3, -0.25) is 10.1 Å². The van der Waals surface area contributed by atoms with E-state index in [1.165, 1.54) is 12.1 Å². The van der Waals surface area contributed by atoms with Gasteiger partial charge in [0.05, 0.1) is 16.1 Å². The van der Waals surface area contributed by atoms with E-state index in [1.807, 2.05) is 0 Å². The summed E-state index contributed by atoms with van der Waals surface area (Å²) in [6.07, 6.45) is -2.81. The monoisotopic (exact) mass is 424 g/mol. The minimum atomic E-state index is -4.49. The lowest BCUT2D eigenvalue weighted by Crippen LogP contribution is -2.15. The van der Waals surface area contributed by atoms with Crippen LogP contribution >= 0.6 is 11.3 Å². The van der Waals surface area contributed by atoms with Gasteiger partial charge in [0.25, 0.3) is 5.91 Å². The van der Waals surface area contributed by atoms with Crippen molar-refractivity contribution in [1.29, 1.82) is 0 Å². The predicted octanol–water partition coefficient (Wildman–Crippen LogP) is 6.24. The molecule has 150 valence electrons. The highest BCUT2D eigenvalue weighted by molar-refractivity contribution is 7.19. The predicted molar refractivity (Wildman–Crippen MR) is 98.8 cm³/mol.